The molecule has 9 rings (SSSR count). The van der Waals surface area contributed by atoms with Crippen LogP contribution < -0.4 is 0 Å². The first-order valence-corrected chi connectivity index (χ1v) is 12.7. The van der Waals surface area contributed by atoms with E-state index in [9.17, 15) is 0 Å². The lowest BCUT2D eigenvalue weighted by Gasteiger charge is -1.93. The van der Waals surface area contributed by atoms with Crippen LogP contribution in [0, 0.1) is 0 Å². The Balaban J connectivity index is 1.35. The van der Waals surface area contributed by atoms with Crippen LogP contribution in [0.4, 0.5) is 0 Å². The van der Waals surface area contributed by atoms with E-state index in [4.69, 9.17) is 0 Å². The van der Waals surface area contributed by atoms with Crippen molar-refractivity contribution in [1.29, 1.82) is 0 Å². The third kappa shape index (κ3) is 2.44. The first-order chi connectivity index (χ1) is 17.8. The lowest BCUT2D eigenvalue weighted by Crippen LogP contribution is -2.02. The molecule has 9 heterocycles. The van der Waals surface area contributed by atoms with Crippen LogP contribution >= 0.6 is 46.9 Å². The third-order valence-corrected chi connectivity index (χ3v) is 7.46. The maximum absolute atomic E-state index is 4.63. The van der Waals surface area contributed by atoms with E-state index in [-0.39, 0.29) is 0 Å². The summed E-state index contributed by atoms with van der Waals surface area (Å²) in [5, 5.41) is 0. The molecule has 0 radical (unpaired) electrons. The second-order valence-corrected chi connectivity index (χ2v) is 9.44. The molecule has 0 amide bonds. The Labute approximate surface area is 213 Å². The van der Waals surface area contributed by atoms with E-state index in [1.165, 1.54) is 0 Å². The van der Waals surface area contributed by atoms with Crippen LogP contribution in [0.1, 0.15) is 45.6 Å². The van der Waals surface area contributed by atoms with Gasteiger partial charge in [-0.05, 0) is 0 Å². The van der Waals surface area contributed by atoms with E-state index in [1.807, 2.05) is 0 Å². The molecule has 4 aromatic heterocycles. The number of hydrogen-bond acceptors (Lipinski definition) is 20. The van der Waals surface area contributed by atoms with E-state index >= 15 is 0 Å². The van der Waals surface area contributed by atoms with Crippen LogP contribution in [0.5, 0.6) is 0 Å². The first-order valence-electron chi connectivity index (χ1n) is 9.83. The Morgan fingerprint density at radius 1 is 0.222 bits per heavy atom. The van der Waals surface area contributed by atoms with Crippen molar-refractivity contribution < 1.29 is 0 Å². The largest absolute Gasteiger partial charge is 0.205 e. The number of aromatic nitrogens is 8. The minimum absolute atomic E-state index is 0.299. The molecule has 0 unspecified atom stereocenters. The first kappa shape index (κ1) is 18.9. The van der Waals surface area contributed by atoms with E-state index < -0.39 is 0 Å². The zero-order chi connectivity index (χ0) is 23.4. The molecule has 0 spiro atoms. The minimum Gasteiger partial charge on any atom is -0.205 e. The summed E-state index contributed by atoms with van der Waals surface area (Å²) in [5.74, 6) is 2.39. The number of amidine groups is 8. The smallest absolute Gasteiger partial charge is 0.186 e. The Hall–Kier alpha value is -4.40. The normalized spacial score (nSPS) is 18.2. The molecule has 0 fully saturated rings. The molecule has 0 atom stereocenters. The molecule has 4 aromatic rings. The van der Waals surface area contributed by atoms with Crippen molar-refractivity contribution in [2.24, 2.45) is 39.9 Å². The highest BCUT2D eigenvalue weighted by atomic mass is 32.1. The SMILES string of the molecule is N1=C2N=C3N=C(N=C4N=C(N=C5N=C(N=C1c1nsnc12)c1nsnc15)c1nsnc14)c1nsnc13. The second-order valence-electron chi connectivity index (χ2n) is 7.33. The molecule has 0 N–H and O–H groups in total. The van der Waals surface area contributed by atoms with Gasteiger partial charge in [0.15, 0.2) is 92.2 Å². The Bertz CT molecular complexity index is 1650. The van der Waals surface area contributed by atoms with Gasteiger partial charge in [0, 0.05) is 0 Å². The number of rotatable bonds is 0. The molecule has 0 saturated carbocycles. The molecule has 5 aliphatic rings. The van der Waals surface area contributed by atoms with Gasteiger partial charge in [0.05, 0.1) is 46.9 Å². The van der Waals surface area contributed by atoms with Crippen LogP contribution in [0.15, 0.2) is 39.9 Å². The van der Waals surface area contributed by atoms with E-state index in [2.05, 4.69) is 74.9 Å². The second kappa shape index (κ2) is 6.63. The van der Waals surface area contributed by atoms with Crippen LogP contribution in [0.2, 0.25) is 0 Å². The lowest BCUT2D eigenvalue weighted by molar-refractivity contribution is 1.40. The van der Waals surface area contributed by atoms with Gasteiger partial charge in [0.25, 0.3) is 0 Å². The van der Waals surface area contributed by atoms with Crippen LogP contribution in [0.3, 0.4) is 0 Å². The molecular weight excluding hydrogens is 545 g/mol. The van der Waals surface area contributed by atoms with Gasteiger partial charge in [-0.1, -0.05) is 0 Å². The maximum Gasteiger partial charge on any atom is 0.186 e. The maximum atomic E-state index is 4.63. The Kier molecular flexibility index (Phi) is 3.47. The highest BCUT2D eigenvalue weighted by molar-refractivity contribution is 7.00. The van der Waals surface area contributed by atoms with Crippen molar-refractivity contribution in [3.05, 3.63) is 45.6 Å². The Morgan fingerprint density at radius 2 is 0.361 bits per heavy atom. The van der Waals surface area contributed by atoms with Gasteiger partial charge >= 0.3 is 0 Å². The molecule has 16 nitrogen and oxygen atoms in total. The van der Waals surface area contributed by atoms with E-state index in [0.29, 0.717) is 92.2 Å². The number of hydrogen-bond donors (Lipinski definition) is 0. The topological polar surface area (TPSA) is 202 Å². The van der Waals surface area contributed by atoms with Gasteiger partial charge in [-0.25, -0.2) is 39.9 Å². The summed E-state index contributed by atoms with van der Waals surface area (Å²) >= 11 is 4.13. The molecule has 36 heavy (non-hydrogen) atoms. The lowest BCUT2D eigenvalue weighted by atomic mass is 10.3. The summed E-state index contributed by atoms with van der Waals surface area (Å²) in [5.41, 5.74) is 3.91. The molecule has 5 aliphatic heterocycles. The van der Waals surface area contributed by atoms with Crippen molar-refractivity contribution in [2.75, 3.05) is 0 Å². The quantitative estimate of drug-likeness (QED) is 0.299. The molecule has 8 bridgehead atoms. The van der Waals surface area contributed by atoms with Crippen molar-refractivity contribution >= 4 is 93.6 Å². The predicted octanol–water partition coefficient (Wildman–Crippen LogP) is 0.234. The van der Waals surface area contributed by atoms with Crippen LogP contribution in [0.25, 0.3) is 0 Å². The van der Waals surface area contributed by atoms with Crippen molar-refractivity contribution in [3.63, 3.8) is 0 Å². The average molecular weight is 545 g/mol. The number of aliphatic imine (C=N–C) groups is 8. The van der Waals surface area contributed by atoms with Crippen molar-refractivity contribution in [1.82, 2.24) is 35.0 Å². The van der Waals surface area contributed by atoms with Gasteiger partial charge < -0.3 is 0 Å². The highest BCUT2D eigenvalue weighted by Crippen LogP contribution is 2.27. The fourth-order valence-corrected chi connectivity index (χ4v) is 5.94. The molecule has 0 aliphatic carbocycles. The van der Waals surface area contributed by atoms with Crippen LogP contribution in [-0.2, 0) is 0 Å². The molecule has 0 saturated heterocycles. The van der Waals surface area contributed by atoms with Crippen molar-refractivity contribution in [3.8, 4) is 0 Å². The summed E-state index contributed by atoms with van der Waals surface area (Å²) in [6.07, 6.45) is 0. The standard InChI is InChI=1S/C16N16S4/c17-9-1-2(26-33-25-1)10(17)22-12-5-6(30-35-29-5)14(19-12)24-16-8-7(31-36-32-8)15(20-16)23-13-4-3(27-34-28-4)11(18-13)21-9. The Morgan fingerprint density at radius 3 is 0.500 bits per heavy atom. The fraction of sp³-hybridized carbons (Fsp3) is 0. The summed E-state index contributed by atoms with van der Waals surface area (Å²) < 4.78 is 34.8. The molecule has 0 aromatic carbocycles. The third-order valence-electron chi connectivity index (χ3n) is 5.34. The molecule has 168 valence electrons. The van der Waals surface area contributed by atoms with Crippen molar-refractivity contribution in [2.45, 2.75) is 0 Å². The zero-order valence-electron chi connectivity index (χ0n) is 16.8. The number of fused-ring (bicyclic) bond motifs is 16. The molecular formula is C16N16S4. The summed E-state index contributed by atoms with van der Waals surface area (Å²) in [7, 11) is 0. The highest BCUT2D eigenvalue weighted by Gasteiger charge is 2.36. The minimum atomic E-state index is 0.299. The van der Waals surface area contributed by atoms with Gasteiger partial charge in [-0.3, -0.25) is 0 Å². The monoisotopic (exact) mass is 544 g/mol. The van der Waals surface area contributed by atoms with Gasteiger partial charge in [0.2, 0.25) is 0 Å². The van der Waals surface area contributed by atoms with Gasteiger partial charge in [-0.2, -0.15) is 35.0 Å². The predicted molar refractivity (Wildman–Crippen MR) is 132 cm³/mol. The van der Waals surface area contributed by atoms with E-state index in [0.717, 1.165) is 46.9 Å². The average Bonchev–Trinajstić information content (AvgIpc) is 3.67. The summed E-state index contributed by atoms with van der Waals surface area (Å²) in [4.78, 5) is 36.8. The van der Waals surface area contributed by atoms with E-state index in [1.54, 1.807) is 0 Å². The summed E-state index contributed by atoms with van der Waals surface area (Å²) in [6, 6.07) is 0. The van der Waals surface area contributed by atoms with Crippen LogP contribution in [-0.4, -0.2) is 81.7 Å². The molecule has 20 heteroatoms. The van der Waals surface area contributed by atoms with Gasteiger partial charge in [-0.15, -0.1) is 0 Å². The zero-order valence-corrected chi connectivity index (χ0v) is 20.1. The fourth-order valence-electron chi connectivity index (χ4n) is 3.78. The van der Waals surface area contributed by atoms with Gasteiger partial charge in [0.1, 0.15) is 0 Å². The summed E-state index contributed by atoms with van der Waals surface area (Å²) in [6.45, 7) is 0. The number of nitrogens with zero attached hydrogens (tertiary/aromatic N) is 16.